The van der Waals surface area contributed by atoms with E-state index in [0.29, 0.717) is 24.2 Å². The molecule has 5 rings (SSSR count). The van der Waals surface area contributed by atoms with E-state index in [4.69, 9.17) is 4.42 Å². The van der Waals surface area contributed by atoms with Crippen LogP contribution < -0.4 is 15.4 Å². The molecule has 1 N–H and O–H groups in total. The van der Waals surface area contributed by atoms with Crippen LogP contribution in [0.1, 0.15) is 18.4 Å². The highest BCUT2D eigenvalue weighted by Gasteiger charge is 2.36. The summed E-state index contributed by atoms with van der Waals surface area (Å²) in [4.78, 5) is 25.8. The van der Waals surface area contributed by atoms with Crippen molar-refractivity contribution < 1.29 is 17.6 Å². The molecule has 0 bridgehead atoms. The quantitative estimate of drug-likeness (QED) is 0.707. The number of carbonyl (C=O) groups is 1. The monoisotopic (exact) mass is 413 g/mol. The standard InChI is InChI=1S/C20H19N3O5S/c1-22-17-7-5-15(11-18(17)28-20(22)25)29(26,27)21-14-4-6-16-13(10-14)8-9-23(16)19(24)12-2-3-12/h4-7,10-12,21H,2-3,8-9H2,1H3. The van der Waals surface area contributed by atoms with Gasteiger partial charge in [-0.25, -0.2) is 13.2 Å². The van der Waals surface area contributed by atoms with E-state index in [0.717, 1.165) is 24.1 Å². The smallest absolute Gasteiger partial charge is 0.408 e. The number of aromatic nitrogens is 1. The number of sulfonamides is 1. The Labute approximate surface area is 166 Å². The first-order valence-electron chi connectivity index (χ1n) is 9.40. The molecule has 150 valence electrons. The number of oxazole rings is 1. The highest BCUT2D eigenvalue weighted by atomic mass is 32.2. The molecule has 1 aliphatic carbocycles. The number of benzene rings is 2. The summed E-state index contributed by atoms with van der Waals surface area (Å²) >= 11 is 0. The van der Waals surface area contributed by atoms with Crippen molar-refractivity contribution >= 4 is 38.4 Å². The summed E-state index contributed by atoms with van der Waals surface area (Å²) in [6.45, 7) is 0.630. The van der Waals surface area contributed by atoms with E-state index in [2.05, 4.69) is 4.72 Å². The minimum Gasteiger partial charge on any atom is -0.408 e. The molecule has 1 aromatic heterocycles. The molecule has 0 saturated heterocycles. The van der Waals surface area contributed by atoms with Crippen molar-refractivity contribution in [2.24, 2.45) is 13.0 Å². The number of hydrogen-bond acceptors (Lipinski definition) is 5. The average Bonchev–Trinajstić information content (AvgIpc) is 3.39. The molecule has 29 heavy (non-hydrogen) atoms. The van der Waals surface area contributed by atoms with Crippen LogP contribution in [-0.4, -0.2) is 25.4 Å². The van der Waals surface area contributed by atoms with Crippen LogP contribution in [0.25, 0.3) is 11.1 Å². The summed E-state index contributed by atoms with van der Waals surface area (Å²) < 4.78 is 34.6. The predicted octanol–water partition coefficient (Wildman–Crippen LogP) is 2.23. The highest BCUT2D eigenvalue weighted by molar-refractivity contribution is 7.92. The highest BCUT2D eigenvalue weighted by Crippen LogP contribution is 2.37. The van der Waals surface area contributed by atoms with E-state index in [1.165, 1.54) is 16.7 Å². The van der Waals surface area contributed by atoms with Gasteiger partial charge in [0.05, 0.1) is 10.4 Å². The molecular weight excluding hydrogens is 394 g/mol. The normalized spacial score (nSPS) is 16.2. The number of rotatable bonds is 4. The van der Waals surface area contributed by atoms with E-state index in [-0.39, 0.29) is 22.3 Å². The van der Waals surface area contributed by atoms with Gasteiger partial charge in [0.25, 0.3) is 10.0 Å². The first kappa shape index (κ1) is 18.0. The minimum atomic E-state index is -3.86. The van der Waals surface area contributed by atoms with E-state index >= 15 is 0 Å². The molecule has 2 aliphatic rings. The third-order valence-electron chi connectivity index (χ3n) is 5.49. The fraction of sp³-hybridized carbons (Fsp3) is 0.300. The Bertz CT molecular complexity index is 1320. The van der Waals surface area contributed by atoms with Gasteiger partial charge in [-0.05, 0) is 55.2 Å². The number of anilines is 2. The van der Waals surface area contributed by atoms with Crippen LogP contribution >= 0.6 is 0 Å². The third kappa shape index (κ3) is 3.02. The molecule has 1 aliphatic heterocycles. The van der Waals surface area contributed by atoms with Crippen LogP contribution in [0.3, 0.4) is 0 Å². The number of aryl methyl sites for hydroxylation is 1. The Hall–Kier alpha value is -3.07. The number of fused-ring (bicyclic) bond motifs is 2. The first-order valence-corrected chi connectivity index (χ1v) is 10.9. The van der Waals surface area contributed by atoms with Crippen molar-refractivity contribution in [2.45, 2.75) is 24.2 Å². The Morgan fingerprint density at radius 1 is 1.17 bits per heavy atom. The summed E-state index contributed by atoms with van der Waals surface area (Å²) in [5, 5.41) is 0. The van der Waals surface area contributed by atoms with Crippen LogP contribution in [0.5, 0.6) is 0 Å². The average molecular weight is 413 g/mol. The van der Waals surface area contributed by atoms with Gasteiger partial charge in [0.2, 0.25) is 5.91 Å². The fourth-order valence-electron chi connectivity index (χ4n) is 3.74. The van der Waals surface area contributed by atoms with E-state index in [1.54, 1.807) is 36.2 Å². The number of nitrogens with zero attached hydrogens (tertiary/aromatic N) is 2. The van der Waals surface area contributed by atoms with Gasteiger partial charge in [0, 0.05) is 37.0 Å². The Morgan fingerprint density at radius 3 is 2.72 bits per heavy atom. The summed E-state index contributed by atoms with van der Waals surface area (Å²) in [7, 11) is -2.30. The lowest BCUT2D eigenvalue weighted by Gasteiger charge is -2.17. The number of carbonyl (C=O) groups excluding carboxylic acids is 1. The molecule has 0 unspecified atom stereocenters. The molecule has 2 aromatic carbocycles. The van der Waals surface area contributed by atoms with Gasteiger partial charge >= 0.3 is 5.76 Å². The zero-order valence-electron chi connectivity index (χ0n) is 15.7. The summed E-state index contributed by atoms with van der Waals surface area (Å²) in [5.41, 5.74) is 2.97. The van der Waals surface area contributed by atoms with Crippen molar-refractivity contribution in [3.05, 3.63) is 52.5 Å². The lowest BCUT2D eigenvalue weighted by atomic mass is 10.1. The third-order valence-corrected chi connectivity index (χ3v) is 6.87. The van der Waals surface area contributed by atoms with Gasteiger partial charge in [0.1, 0.15) is 0 Å². The zero-order chi connectivity index (χ0) is 20.3. The maximum Gasteiger partial charge on any atom is 0.419 e. The van der Waals surface area contributed by atoms with E-state index < -0.39 is 15.8 Å². The van der Waals surface area contributed by atoms with Gasteiger partial charge in [-0.2, -0.15) is 0 Å². The second kappa shape index (κ2) is 6.21. The first-order chi connectivity index (χ1) is 13.8. The molecule has 0 spiro atoms. The molecule has 1 fully saturated rings. The Morgan fingerprint density at radius 2 is 1.97 bits per heavy atom. The number of amides is 1. The van der Waals surface area contributed by atoms with Crippen molar-refractivity contribution in [2.75, 3.05) is 16.2 Å². The predicted molar refractivity (Wildman–Crippen MR) is 107 cm³/mol. The molecular formula is C20H19N3O5S. The lowest BCUT2D eigenvalue weighted by Crippen LogP contribution is -2.30. The van der Waals surface area contributed by atoms with Crippen molar-refractivity contribution in [1.29, 1.82) is 0 Å². The lowest BCUT2D eigenvalue weighted by molar-refractivity contribution is -0.119. The maximum atomic E-state index is 12.8. The van der Waals surface area contributed by atoms with Gasteiger partial charge in [0.15, 0.2) is 5.58 Å². The van der Waals surface area contributed by atoms with Gasteiger partial charge in [-0.3, -0.25) is 14.1 Å². The van der Waals surface area contributed by atoms with E-state index in [1.807, 2.05) is 0 Å². The SMILES string of the molecule is Cn1c(=O)oc2cc(S(=O)(=O)Nc3ccc4c(c3)CCN4C(=O)C3CC3)ccc21. The van der Waals surface area contributed by atoms with Gasteiger partial charge in [-0.1, -0.05) is 0 Å². The molecule has 1 saturated carbocycles. The molecule has 2 heterocycles. The molecule has 3 aromatic rings. The van der Waals surface area contributed by atoms with Crippen molar-refractivity contribution in [1.82, 2.24) is 4.57 Å². The molecule has 0 radical (unpaired) electrons. The van der Waals surface area contributed by atoms with Crippen LogP contribution in [0, 0.1) is 5.92 Å². The largest absolute Gasteiger partial charge is 0.419 e. The molecule has 0 atom stereocenters. The van der Waals surface area contributed by atoms with Crippen molar-refractivity contribution in [3.63, 3.8) is 0 Å². The second-order valence-corrected chi connectivity index (χ2v) is 9.20. The fourth-order valence-corrected chi connectivity index (χ4v) is 4.80. The van der Waals surface area contributed by atoms with Gasteiger partial charge in [-0.15, -0.1) is 0 Å². The number of hydrogen-bond donors (Lipinski definition) is 1. The number of nitrogens with one attached hydrogen (secondary N) is 1. The van der Waals surface area contributed by atoms with Crippen LogP contribution in [-0.2, 0) is 28.3 Å². The molecule has 9 heteroatoms. The van der Waals surface area contributed by atoms with Crippen LogP contribution in [0.4, 0.5) is 11.4 Å². The zero-order valence-corrected chi connectivity index (χ0v) is 16.5. The van der Waals surface area contributed by atoms with Crippen LogP contribution in [0.15, 0.2) is 50.5 Å². The Kier molecular flexibility index (Phi) is 3.86. The van der Waals surface area contributed by atoms with Gasteiger partial charge < -0.3 is 9.32 Å². The molecule has 8 nitrogen and oxygen atoms in total. The Balaban J connectivity index is 1.42. The van der Waals surface area contributed by atoms with Crippen LogP contribution in [0.2, 0.25) is 0 Å². The summed E-state index contributed by atoms with van der Waals surface area (Å²) in [6.07, 6.45) is 2.60. The van der Waals surface area contributed by atoms with Crippen molar-refractivity contribution in [3.8, 4) is 0 Å². The second-order valence-electron chi connectivity index (χ2n) is 7.52. The topological polar surface area (TPSA) is 102 Å². The molecule has 1 amide bonds. The van der Waals surface area contributed by atoms with E-state index in [9.17, 15) is 18.0 Å². The summed E-state index contributed by atoms with van der Waals surface area (Å²) in [5.74, 6) is -0.242. The minimum absolute atomic E-state index is 0.00499. The maximum absolute atomic E-state index is 12.8. The summed E-state index contributed by atoms with van der Waals surface area (Å²) in [6, 6.07) is 9.54.